The van der Waals surface area contributed by atoms with Gasteiger partial charge < -0.3 is 10.2 Å². The van der Waals surface area contributed by atoms with Crippen molar-refractivity contribution in [2.24, 2.45) is 0 Å². The Balaban J connectivity index is 1.99. The minimum atomic E-state index is 0.613. The number of hydrogen-bond acceptors (Lipinski definition) is 3. The van der Waals surface area contributed by atoms with Crippen molar-refractivity contribution in [1.29, 1.82) is 0 Å². The van der Waals surface area contributed by atoms with E-state index in [-0.39, 0.29) is 0 Å². The van der Waals surface area contributed by atoms with E-state index in [9.17, 15) is 0 Å². The van der Waals surface area contributed by atoms with E-state index in [1.807, 2.05) is 7.05 Å². The zero-order valence-corrected chi connectivity index (χ0v) is 13.7. The Kier molecular flexibility index (Phi) is 5.25. The van der Waals surface area contributed by atoms with Crippen LogP contribution in [0.5, 0.6) is 0 Å². The molecule has 1 N–H and O–H groups in total. The van der Waals surface area contributed by atoms with Gasteiger partial charge in [-0.25, -0.2) is 0 Å². The molecule has 4 heteroatoms. The molecule has 3 nitrogen and oxygen atoms in total. The van der Waals surface area contributed by atoms with Gasteiger partial charge in [0, 0.05) is 48.9 Å². The van der Waals surface area contributed by atoms with Gasteiger partial charge >= 0.3 is 0 Å². The van der Waals surface area contributed by atoms with Crippen molar-refractivity contribution in [3.8, 4) is 0 Å². The van der Waals surface area contributed by atoms with E-state index in [0.717, 1.165) is 32.7 Å². The maximum absolute atomic E-state index is 3.63. The van der Waals surface area contributed by atoms with Gasteiger partial charge in [0.15, 0.2) is 0 Å². The van der Waals surface area contributed by atoms with Crippen molar-refractivity contribution in [2.45, 2.75) is 19.9 Å². The van der Waals surface area contributed by atoms with Crippen LogP contribution in [-0.4, -0.2) is 50.7 Å². The minimum absolute atomic E-state index is 0.613. The summed E-state index contributed by atoms with van der Waals surface area (Å²) < 4.78 is 1.20. The summed E-state index contributed by atoms with van der Waals surface area (Å²) in [4.78, 5) is 5.06. The van der Waals surface area contributed by atoms with E-state index in [2.05, 4.69) is 63.1 Å². The lowest BCUT2D eigenvalue weighted by Gasteiger charge is -2.41. The molecule has 0 saturated carbocycles. The SMILES string of the molecule is CNCCN1CCN(c2ccc(C)c(Br)c2)CC1C. The Morgan fingerprint density at radius 2 is 2.16 bits per heavy atom. The van der Waals surface area contributed by atoms with Crippen molar-refractivity contribution in [3.63, 3.8) is 0 Å². The number of piperazine rings is 1. The number of aryl methyl sites for hydroxylation is 1. The van der Waals surface area contributed by atoms with Crippen LogP contribution in [0.15, 0.2) is 22.7 Å². The largest absolute Gasteiger partial charge is 0.369 e. The van der Waals surface area contributed by atoms with E-state index in [1.165, 1.54) is 15.7 Å². The summed E-state index contributed by atoms with van der Waals surface area (Å²) in [6.07, 6.45) is 0. The summed E-state index contributed by atoms with van der Waals surface area (Å²) in [6.45, 7) is 10.0. The van der Waals surface area contributed by atoms with Gasteiger partial charge in [-0.15, -0.1) is 0 Å². The van der Waals surface area contributed by atoms with E-state index in [4.69, 9.17) is 0 Å². The Labute approximate surface area is 125 Å². The molecule has 1 unspecified atom stereocenters. The highest BCUT2D eigenvalue weighted by atomic mass is 79.9. The zero-order valence-electron chi connectivity index (χ0n) is 12.1. The number of likely N-dealkylation sites (N-methyl/N-ethyl adjacent to an activating group) is 1. The molecule has 1 saturated heterocycles. The fourth-order valence-corrected chi connectivity index (χ4v) is 2.96. The minimum Gasteiger partial charge on any atom is -0.369 e. The third-order valence-corrected chi connectivity index (χ3v) is 4.79. The third-order valence-electron chi connectivity index (χ3n) is 3.93. The Bertz CT molecular complexity index is 422. The number of nitrogens with zero attached hydrogens (tertiary/aromatic N) is 2. The van der Waals surface area contributed by atoms with Gasteiger partial charge in [-0.3, -0.25) is 4.90 Å². The van der Waals surface area contributed by atoms with E-state index in [0.29, 0.717) is 6.04 Å². The molecule has 0 radical (unpaired) electrons. The first-order valence-corrected chi connectivity index (χ1v) is 7.81. The molecule has 0 amide bonds. The lowest BCUT2D eigenvalue weighted by molar-refractivity contribution is 0.191. The van der Waals surface area contributed by atoms with Crippen molar-refractivity contribution in [3.05, 3.63) is 28.2 Å². The normalized spacial score (nSPS) is 20.8. The van der Waals surface area contributed by atoms with Crippen LogP contribution in [0.1, 0.15) is 12.5 Å². The molecule has 1 heterocycles. The van der Waals surface area contributed by atoms with Crippen molar-refractivity contribution in [1.82, 2.24) is 10.2 Å². The highest BCUT2D eigenvalue weighted by Crippen LogP contribution is 2.25. The first-order valence-electron chi connectivity index (χ1n) is 7.01. The molecule has 0 spiro atoms. The van der Waals surface area contributed by atoms with Crippen molar-refractivity contribution < 1.29 is 0 Å². The first-order chi connectivity index (χ1) is 9.11. The summed E-state index contributed by atoms with van der Waals surface area (Å²) in [7, 11) is 2.02. The van der Waals surface area contributed by atoms with Crippen molar-refractivity contribution >= 4 is 21.6 Å². The molecule has 2 rings (SSSR count). The smallest absolute Gasteiger partial charge is 0.0378 e. The zero-order chi connectivity index (χ0) is 13.8. The molecule has 19 heavy (non-hydrogen) atoms. The maximum atomic E-state index is 3.63. The molecule has 106 valence electrons. The second kappa shape index (κ2) is 6.73. The molecule has 1 fully saturated rings. The van der Waals surface area contributed by atoms with Gasteiger partial charge in [-0.05, 0) is 38.6 Å². The number of halogens is 1. The molecule has 0 aliphatic carbocycles. The Morgan fingerprint density at radius 3 is 2.79 bits per heavy atom. The summed E-state index contributed by atoms with van der Waals surface area (Å²) in [6, 6.07) is 7.28. The van der Waals surface area contributed by atoms with Gasteiger partial charge in [0.05, 0.1) is 0 Å². The highest BCUT2D eigenvalue weighted by Gasteiger charge is 2.23. The molecule has 1 aromatic carbocycles. The van der Waals surface area contributed by atoms with Crippen LogP contribution in [0.2, 0.25) is 0 Å². The molecule has 1 aliphatic heterocycles. The standard InChI is InChI=1S/C15H24BrN3/c1-12-4-5-14(10-15(12)16)19-9-8-18(7-6-17-3)13(2)11-19/h4-5,10,13,17H,6-9,11H2,1-3H3. The van der Waals surface area contributed by atoms with E-state index < -0.39 is 0 Å². The van der Waals surface area contributed by atoms with Crippen LogP contribution in [0.3, 0.4) is 0 Å². The van der Waals surface area contributed by atoms with Crippen LogP contribution in [0, 0.1) is 6.92 Å². The van der Waals surface area contributed by atoms with Crippen molar-refractivity contribution in [2.75, 3.05) is 44.7 Å². The van der Waals surface area contributed by atoms with Crippen LogP contribution in [-0.2, 0) is 0 Å². The average molecular weight is 326 g/mol. The molecule has 1 aromatic rings. The number of nitrogens with one attached hydrogen (secondary N) is 1. The summed E-state index contributed by atoms with van der Waals surface area (Å²) >= 11 is 3.63. The molecular weight excluding hydrogens is 302 g/mol. The first kappa shape index (κ1) is 14.8. The predicted molar refractivity (Wildman–Crippen MR) is 86.1 cm³/mol. The van der Waals surface area contributed by atoms with Crippen LogP contribution >= 0.6 is 15.9 Å². The van der Waals surface area contributed by atoms with Crippen LogP contribution in [0.25, 0.3) is 0 Å². The molecule has 1 aliphatic rings. The Morgan fingerprint density at radius 1 is 1.37 bits per heavy atom. The molecule has 1 atom stereocenters. The number of rotatable bonds is 4. The Hall–Kier alpha value is -0.580. The van der Waals surface area contributed by atoms with Gasteiger partial charge in [0.1, 0.15) is 0 Å². The van der Waals surface area contributed by atoms with Gasteiger partial charge in [-0.2, -0.15) is 0 Å². The third kappa shape index (κ3) is 3.71. The highest BCUT2D eigenvalue weighted by molar-refractivity contribution is 9.10. The lowest BCUT2D eigenvalue weighted by atomic mass is 10.1. The van der Waals surface area contributed by atoms with E-state index >= 15 is 0 Å². The predicted octanol–water partition coefficient (Wildman–Crippen LogP) is 2.49. The summed E-state index contributed by atoms with van der Waals surface area (Å²) in [5.41, 5.74) is 2.63. The van der Waals surface area contributed by atoms with Crippen LogP contribution < -0.4 is 10.2 Å². The van der Waals surface area contributed by atoms with Gasteiger partial charge in [-0.1, -0.05) is 22.0 Å². The topological polar surface area (TPSA) is 18.5 Å². The number of hydrogen-bond donors (Lipinski definition) is 1. The quantitative estimate of drug-likeness (QED) is 0.917. The number of anilines is 1. The second-order valence-electron chi connectivity index (χ2n) is 5.37. The van der Waals surface area contributed by atoms with E-state index in [1.54, 1.807) is 0 Å². The lowest BCUT2D eigenvalue weighted by Crippen LogP contribution is -2.53. The monoisotopic (exact) mass is 325 g/mol. The second-order valence-corrected chi connectivity index (χ2v) is 6.22. The van der Waals surface area contributed by atoms with Crippen LogP contribution in [0.4, 0.5) is 5.69 Å². The van der Waals surface area contributed by atoms with Gasteiger partial charge in [0.2, 0.25) is 0 Å². The maximum Gasteiger partial charge on any atom is 0.0378 e. The average Bonchev–Trinajstić information content (AvgIpc) is 2.40. The summed E-state index contributed by atoms with van der Waals surface area (Å²) in [5, 5.41) is 3.23. The molecule has 0 bridgehead atoms. The van der Waals surface area contributed by atoms with Gasteiger partial charge in [0.25, 0.3) is 0 Å². The fraction of sp³-hybridized carbons (Fsp3) is 0.600. The fourth-order valence-electron chi connectivity index (χ4n) is 2.60. The summed E-state index contributed by atoms with van der Waals surface area (Å²) in [5.74, 6) is 0. The molecule has 0 aromatic heterocycles. The molecular formula is C15H24BrN3. The number of benzene rings is 1.